The highest BCUT2D eigenvalue weighted by atomic mass is 35.5. The summed E-state index contributed by atoms with van der Waals surface area (Å²) in [6.07, 6.45) is 2.96. The van der Waals surface area contributed by atoms with Gasteiger partial charge in [-0.25, -0.2) is 4.79 Å². The molecule has 4 nitrogen and oxygen atoms in total. The van der Waals surface area contributed by atoms with Gasteiger partial charge in [0.15, 0.2) is 5.78 Å². The monoisotopic (exact) mass is 338 g/mol. The molecule has 1 aliphatic heterocycles. The van der Waals surface area contributed by atoms with Gasteiger partial charge in [-0.15, -0.1) is 0 Å². The Morgan fingerprint density at radius 2 is 1.54 bits per heavy atom. The van der Waals surface area contributed by atoms with Crippen molar-refractivity contribution in [2.24, 2.45) is 0 Å². The second-order valence-electron chi connectivity index (χ2n) is 5.28. The predicted molar refractivity (Wildman–Crippen MR) is 94.6 cm³/mol. The molecule has 1 aliphatic rings. The van der Waals surface area contributed by atoms with Gasteiger partial charge in [0.2, 0.25) is 0 Å². The first-order valence-electron chi connectivity index (χ1n) is 7.44. The molecule has 0 aliphatic carbocycles. The van der Waals surface area contributed by atoms with Gasteiger partial charge in [-0.05, 0) is 17.2 Å². The minimum absolute atomic E-state index is 0.147. The zero-order valence-corrected chi connectivity index (χ0v) is 13.5. The van der Waals surface area contributed by atoms with Crippen LogP contribution in [-0.2, 0) is 0 Å². The van der Waals surface area contributed by atoms with Crippen molar-refractivity contribution < 1.29 is 9.59 Å². The lowest BCUT2D eigenvalue weighted by molar-refractivity contribution is 0.104. The van der Waals surface area contributed by atoms with Gasteiger partial charge in [-0.2, -0.15) is 0 Å². The first-order valence-corrected chi connectivity index (χ1v) is 7.82. The third-order valence-electron chi connectivity index (χ3n) is 3.66. The molecule has 2 amide bonds. The largest absolute Gasteiger partial charge is 0.326 e. The predicted octanol–water partition coefficient (Wildman–Crippen LogP) is 3.71. The molecule has 0 fully saturated rings. The normalized spacial score (nSPS) is 17.5. The van der Waals surface area contributed by atoms with Crippen LogP contribution >= 0.6 is 11.6 Å². The Balaban J connectivity index is 2.04. The van der Waals surface area contributed by atoms with E-state index >= 15 is 0 Å². The van der Waals surface area contributed by atoms with E-state index in [-0.39, 0.29) is 11.8 Å². The van der Waals surface area contributed by atoms with Crippen molar-refractivity contribution in [1.29, 1.82) is 0 Å². The second kappa shape index (κ2) is 7.15. The molecule has 0 saturated carbocycles. The summed E-state index contributed by atoms with van der Waals surface area (Å²) >= 11 is 6.25. The molecular formula is C19H15ClN2O2. The highest BCUT2D eigenvalue weighted by Crippen LogP contribution is 2.27. The molecule has 1 unspecified atom stereocenters. The SMILES string of the molecule is O=C1NC=C(Cl)C(/C(=C\C(=O)c2ccccc2)c2ccccc2)N1. The van der Waals surface area contributed by atoms with Crippen LogP contribution < -0.4 is 10.6 Å². The lowest BCUT2D eigenvalue weighted by atomic mass is 9.95. The number of ketones is 1. The summed E-state index contributed by atoms with van der Waals surface area (Å²) in [5, 5.41) is 5.66. The molecule has 1 heterocycles. The van der Waals surface area contributed by atoms with Crippen LogP contribution in [0.4, 0.5) is 4.79 Å². The molecule has 24 heavy (non-hydrogen) atoms. The summed E-state index contributed by atoms with van der Waals surface area (Å²) in [6, 6.07) is 17.4. The zero-order chi connectivity index (χ0) is 16.9. The van der Waals surface area contributed by atoms with E-state index in [2.05, 4.69) is 10.6 Å². The summed E-state index contributed by atoms with van der Waals surface area (Å²) in [6.45, 7) is 0. The van der Waals surface area contributed by atoms with E-state index in [4.69, 9.17) is 11.6 Å². The fourth-order valence-corrected chi connectivity index (χ4v) is 2.70. The molecule has 3 rings (SSSR count). The van der Waals surface area contributed by atoms with Crippen molar-refractivity contribution >= 4 is 29.0 Å². The molecular weight excluding hydrogens is 324 g/mol. The Morgan fingerprint density at radius 1 is 0.958 bits per heavy atom. The minimum atomic E-state index is -0.574. The number of benzene rings is 2. The maximum Gasteiger partial charge on any atom is 0.319 e. The van der Waals surface area contributed by atoms with E-state index in [9.17, 15) is 9.59 Å². The van der Waals surface area contributed by atoms with Gasteiger partial charge in [-0.1, -0.05) is 72.3 Å². The first kappa shape index (κ1) is 16.0. The molecule has 0 saturated heterocycles. The van der Waals surface area contributed by atoms with Gasteiger partial charge in [0.05, 0.1) is 11.1 Å². The summed E-state index contributed by atoms with van der Waals surface area (Å²) in [5.41, 5.74) is 2.03. The molecule has 2 N–H and O–H groups in total. The standard InChI is InChI=1S/C19H15ClN2O2/c20-16-12-21-19(24)22-18(16)15(13-7-3-1-4-8-13)11-17(23)14-9-5-2-6-10-14/h1-12,18H,(H2,21,22,24)/b15-11-. The third kappa shape index (κ3) is 3.55. The maximum atomic E-state index is 12.6. The molecule has 0 bridgehead atoms. The number of amides is 2. The number of halogens is 1. The number of nitrogens with one attached hydrogen (secondary N) is 2. The van der Waals surface area contributed by atoms with E-state index < -0.39 is 6.04 Å². The van der Waals surface area contributed by atoms with E-state index in [0.29, 0.717) is 16.2 Å². The van der Waals surface area contributed by atoms with Crippen molar-refractivity contribution in [3.8, 4) is 0 Å². The van der Waals surface area contributed by atoms with Gasteiger partial charge in [-0.3, -0.25) is 4.79 Å². The van der Waals surface area contributed by atoms with Crippen LogP contribution in [0.2, 0.25) is 0 Å². The van der Waals surface area contributed by atoms with Crippen LogP contribution in [0.3, 0.4) is 0 Å². The average Bonchev–Trinajstić information content (AvgIpc) is 2.63. The Morgan fingerprint density at radius 3 is 2.17 bits per heavy atom. The van der Waals surface area contributed by atoms with Crippen LogP contribution in [-0.4, -0.2) is 17.9 Å². The smallest absolute Gasteiger partial charge is 0.319 e. The van der Waals surface area contributed by atoms with Crippen LogP contribution in [0, 0.1) is 0 Å². The summed E-state index contributed by atoms with van der Waals surface area (Å²) in [5.74, 6) is -0.147. The van der Waals surface area contributed by atoms with Gasteiger partial charge >= 0.3 is 6.03 Å². The zero-order valence-electron chi connectivity index (χ0n) is 12.7. The van der Waals surface area contributed by atoms with Crippen molar-refractivity contribution in [3.63, 3.8) is 0 Å². The van der Waals surface area contributed by atoms with Crippen LogP contribution in [0.15, 0.2) is 78.0 Å². The van der Waals surface area contributed by atoms with Crippen molar-refractivity contribution in [1.82, 2.24) is 10.6 Å². The molecule has 1 atom stereocenters. The molecule has 0 spiro atoms. The summed E-state index contributed by atoms with van der Waals surface area (Å²) in [4.78, 5) is 24.3. The van der Waals surface area contributed by atoms with Crippen molar-refractivity contribution in [2.75, 3.05) is 0 Å². The van der Waals surface area contributed by atoms with Gasteiger partial charge in [0.1, 0.15) is 0 Å². The second-order valence-corrected chi connectivity index (χ2v) is 5.71. The minimum Gasteiger partial charge on any atom is -0.326 e. The number of urea groups is 1. The van der Waals surface area contributed by atoms with E-state index in [1.54, 1.807) is 12.1 Å². The average molecular weight is 339 g/mol. The molecule has 0 aromatic heterocycles. The van der Waals surface area contributed by atoms with Crippen molar-refractivity contribution in [3.05, 3.63) is 89.1 Å². The number of carbonyl (C=O) groups is 2. The van der Waals surface area contributed by atoms with E-state index in [0.717, 1.165) is 5.56 Å². The first-order chi connectivity index (χ1) is 11.6. The number of allylic oxidation sites excluding steroid dienone is 1. The van der Waals surface area contributed by atoms with Crippen LogP contribution in [0.5, 0.6) is 0 Å². The Bertz CT molecular complexity index is 814. The van der Waals surface area contributed by atoms with Gasteiger partial charge in [0, 0.05) is 11.8 Å². The molecule has 5 heteroatoms. The molecule has 0 radical (unpaired) electrons. The number of rotatable bonds is 4. The summed E-state index contributed by atoms with van der Waals surface area (Å²) in [7, 11) is 0. The topological polar surface area (TPSA) is 58.2 Å². The fraction of sp³-hybridized carbons (Fsp3) is 0.0526. The van der Waals surface area contributed by atoms with E-state index in [1.807, 2.05) is 48.5 Å². The highest BCUT2D eigenvalue weighted by molar-refractivity contribution is 6.32. The lowest BCUT2D eigenvalue weighted by Gasteiger charge is -2.25. The molecule has 2 aromatic rings. The van der Waals surface area contributed by atoms with Crippen molar-refractivity contribution in [2.45, 2.75) is 6.04 Å². The Hall–Kier alpha value is -2.85. The Kier molecular flexibility index (Phi) is 4.77. The number of hydrogen-bond acceptors (Lipinski definition) is 2. The van der Waals surface area contributed by atoms with Gasteiger partial charge in [0.25, 0.3) is 0 Å². The molecule has 120 valence electrons. The van der Waals surface area contributed by atoms with Gasteiger partial charge < -0.3 is 10.6 Å². The third-order valence-corrected chi connectivity index (χ3v) is 3.98. The van der Waals surface area contributed by atoms with Crippen LogP contribution in [0.25, 0.3) is 5.57 Å². The van der Waals surface area contributed by atoms with Crippen LogP contribution in [0.1, 0.15) is 15.9 Å². The lowest BCUT2D eigenvalue weighted by Crippen LogP contribution is -2.45. The maximum absolute atomic E-state index is 12.6. The number of hydrogen-bond donors (Lipinski definition) is 2. The Labute approximate surface area is 144 Å². The quantitative estimate of drug-likeness (QED) is 0.659. The van der Waals surface area contributed by atoms with E-state index in [1.165, 1.54) is 12.3 Å². The summed E-state index contributed by atoms with van der Waals surface area (Å²) < 4.78 is 0. The highest BCUT2D eigenvalue weighted by Gasteiger charge is 2.25. The number of carbonyl (C=O) groups excluding carboxylic acids is 2. The molecule has 2 aromatic carbocycles. The fourth-order valence-electron chi connectivity index (χ4n) is 2.48.